The van der Waals surface area contributed by atoms with Gasteiger partial charge >= 0.3 is 0 Å². The Labute approximate surface area is 114 Å². The molecule has 2 aromatic rings. The van der Waals surface area contributed by atoms with E-state index in [1.54, 1.807) is 18.2 Å². The molecule has 0 unspecified atom stereocenters. The molecule has 3 nitrogen and oxygen atoms in total. The molecule has 1 heterocycles. The molecule has 0 saturated heterocycles. The van der Waals surface area contributed by atoms with Crippen LogP contribution in [0.2, 0.25) is 5.15 Å². The zero-order chi connectivity index (χ0) is 13.1. The van der Waals surface area contributed by atoms with Gasteiger partial charge in [0.2, 0.25) is 0 Å². The Balaban J connectivity index is 2.35. The van der Waals surface area contributed by atoms with Crippen molar-refractivity contribution in [2.24, 2.45) is 0 Å². The van der Waals surface area contributed by atoms with Crippen LogP contribution in [0, 0.1) is 5.82 Å². The first-order valence-corrected chi connectivity index (χ1v) is 6.78. The van der Waals surface area contributed by atoms with E-state index in [0.29, 0.717) is 16.1 Å². The van der Waals surface area contributed by atoms with E-state index in [-0.39, 0.29) is 5.82 Å². The van der Waals surface area contributed by atoms with E-state index >= 15 is 0 Å². The van der Waals surface area contributed by atoms with Gasteiger partial charge in [-0.3, -0.25) is 0 Å². The maximum absolute atomic E-state index is 12.9. The van der Waals surface area contributed by atoms with E-state index in [9.17, 15) is 4.39 Å². The highest BCUT2D eigenvalue weighted by molar-refractivity contribution is 7.98. The summed E-state index contributed by atoms with van der Waals surface area (Å²) in [6, 6.07) is 7.85. The van der Waals surface area contributed by atoms with Gasteiger partial charge in [-0.2, -0.15) is 0 Å². The zero-order valence-electron chi connectivity index (χ0n) is 9.89. The molecule has 0 aliphatic rings. The van der Waals surface area contributed by atoms with Crippen LogP contribution < -0.4 is 4.90 Å². The van der Waals surface area contributed by atoms with Gasteiger partial charge in [-0.15, -0.1) is 0 Å². The molecule has 0 radical (unpaired) electrons. The Bertz CT molecular complexity index is 548. The van der Waals surface area contributed by atoms with Crippen LogP contribution in [0.4, 0.5) is 15.9 Å². The second kappa shape index (κ2) is 5.54. The average Bonchev–Trinajstić information content (AvgIpc) is 2.38. The van der Waals surface area contributed by atoms with E-state index in [1.165, 1.54) is 23.9 Å². The molecule has 1 aromatic heterocycles. The minimum Gasteiger partial charge on any atom is -0.329 e. The third-order valence-electron chi connectivity index (χ3n) is 2.40. The molecule has 0 aliphatic heterocycles. The van der Waals surface area contributed by atoms with Gasteiger partial charge in [-0.25, -0.2) is 14.4 Å². The summed E-state index contributed by atoms with van der Waals surface area (Å²) < 4.78 is 12.9. The smallest absolute Gasteiger partial charge is 0.190 e. The largest absolute Gasteiger partial charge is 0.329 e. The highest BCUT2D eigenvalue weighted by atomic mass is 35.5. The molecule has 0 atom stereocenters. The molecule has 6 heteroatoms. The predicted molar refractivity (Wildman–Crippen MR) is 73.3 cm³/mol. The van der Waals surface area contributed by atoms with Crippen LogP contribution in [0.3, 0.4) is 0 Å². The van der Waals surface area contributed by atoms with Crippen LogP contribution in [-0.4, -0.2) is 23.3 Å². The fourth-order valence-corrected chi connectivity index (χ4v) is 2.05. The number of benzene rings is 1. The molecule has 0 spiro atoms. The van der Waals surface area contributed by atoms with Crippen LogP contribution in [0.15, 0.2) is 35.5 Å². The number of nitrogens with zero attached hydrogens (tertiary/aromatic N) is 3. The number of thioether (sulfide) groups is 1. The lowest BCUT2D eigenvalue weighted by molar-refractivity contribution is 0.628. The third kappa shape index (κ3) is 2.91. The summed E-state index contributed by atoms with van der Waals surface area (Å²) in [6.07, 6.45) is 1.88. The Hall–Kier alpha value is -1.33. The number of anilines is 2. The minimum atomic E-state index is -0.266. The molecule has 0 fully saturated rings. The van der Waals surface area contributed by atoms with E-state index < -0.39 is 0 Å². The maximum Gasteiger partial charge on any atom is 0.190 e. The molecular formula is C12H11ClFN3S. The summed E-state index contributed by atoms with van der Waals surface area (Å²) in [5, 5.41) is 0.991. The number of hydrogen-bond acceptors (Lipinski definition) is 4. The molecule has 18 heavy (non-hydrogen) atoms. The molecule has 0 amide bonds. The Morgan fingerprint density at radius 1 is 1.22 bits per heavy atom. The summed E-state index contributed by atoms with van der Waals surface area (Å²) in [4.78, 5) is 10.2. The molecular weight excluding hydrogens is 273 g/mol. The molecule has 0 saturated carbocycles. The van der Waals surface area contributed by atoms with E-state index in [2.05, 4.69) is 9.97 Å². The van der Waals surface area contributed by atoms with Gasteiger partial charge < -0.3 is 4.90 Å². The Morgan fingerprint density at radius 2 is 1.89 bits per heavy atom. The fourth-order valence-electron chi connectivity index (χ4n) is 1.45. The Kier molecular flexibility index (Phi) is 4.04. The highest BCUT2D eigenvalue weighted by Crippen LogP contribution is 2.25. The molecule has 0 bridgehead atoms. The number of rotatable bonds is 3. The molecule has 94 valence electrons. The van der Waals surface area contributed by atoms with Gasteiger partial charge in [-0.1, -0.05) is 23.4 Å². The SMILES string of the molecule is CSc1nc(Cl)cc(N(C)c2ccc(F)cc2)n1. The van der Waals surface area contributed by atoms with Crippen molar-refractivity contribution in [3.8, 4) is 0 Å². The summed E-state index contributed by atoms with van der Waals surface area (Å²) in [5.74, 6) is 0.406. The van der Waals surface area contributed by atoms with E-state index in [0.717, 1.165) is 5.69 Å². The first kappa shape index (κ1) is 13.1. The summed E-state index contributed by atoms with van der Waals surface area (Å²) in [5.41, 5.74) is 0.832. The van der Waals surface area contributed by atoms with Gasteiger partial charge in [0.25, 0.3) is 0 Å². The predicted octanol–water partition coefficient (Wildman–Crippen LogP) is 3.76. The van der Waals surface area contributed by atoms with E-state index in [4.69, 9.17) is 11.6 Å². The van der Waals surface area contributed by atoms with Crippen LogP contribution in [0.1, 0.15) is 0 Å². The summed E-state index contributed by atoms with van der Waals surface area (Å²) in [7, 11) is 1.84. The van der Waals surface area contributed by atoms with Crippen LogP contribution in [0.5, 0.6) is 0 Å². The van der Waals surface area contributed by atoms with Crippen molar-refractivity contribution in [1.29, 1.82) is 0 Å². The van der Waals surface area contributed by atoms with Crippen molar-refractivity contribution in [2.45, 2.75) is 5.16 Å². The molecule has 1 aromatic carbocycles. The van der Waals surface area contributed by atoms with Crippen molar-refractivity contribution in [3.05, 3.63) is 41.3 Å². The van der Waals surface area contributed by atoms with Gasteiger partial charge in [0.05, 0.1) is 0 Å². The van der Waals surface area contributed by atoms with Gasteiger partial charge in [0.15, 0.2) is 5.16 Å². The topological polar surface area (TPSA) is 29.0 Å². The first-order valence-electron chi connectivity index (χ1n) is 5.18. The Morgan fingerprint density at radius 3 is 2.50 bits per heavy atom. The third-order valence-corrected chi connectivity index (χ3v) is 3.14. The number of halogens is 2. The number of aromatic nitrogens is 2. The van der Waals surface area contributed by atoms with Gasteiger partial charge in [0.1, 0.15) is 16.8 Å². The van der Waals surface area contributed by atoms with Crippen molar-refractivity contribution in [2.75, 3.05) is 18.2 Å². The second-order valence-corrected chi connectivity index (χ2v) is 4.73. The van der Waals surface area contributed by atoms with Crippen molar-refractivity contribution < 1.29 is 4.39 Å². The van der Waals surface area contributed by atoms with Gasteiger partial charge in [0, 0.05) is 18.8 Å². The quantitative estimate of drug-likeness (QED) is 0.487. The maximum atomic E-state index is 12.9. The first-order chi connectivity index (χ1) is 8.60. The van der Waals surface area contributed by atoms with Crippen molar-refractivity contribution in [3.63, 3.8) is 0 Å². The fraction of sp³-hybridized carbons (Fsp3) is 0.167. The number of hydrogen-bond donors (Lipinski definition) is 0. The lowest BCUT2D eigenvalue weighted by Crippen LogP contribution is -2.12. The lowest BCUT2D eigenvalue weighted by atomic mass is 10.3. The molecule has 2 rings (SSSR count). The second-order valence-electron chi connectivity index (χ2n) is 3.57. The molecule has 0 N–H and O–H groups in total. The summed E-state index contributed by atoms with van der Waals surface area (Å²) >= 11 is 7.35. The lowest BCUT2D eigenvalue weighted by Gasteiger charge is -2.18. The van der Waals surface area contributed by atoms with Crippen molar-refractivity contribution >= 4 is 34.9 Å². The monoisotopic (exact) mass is 283 g/mol. The van der Waals surface area contributed by atoms with Gasteiger partial charge in [-0.05, 0) is 30.5 Å². The summed E-state index contributed by atoms with van der Waals surface area (Å²) in [6.45, 7) is 0. The molecule has 0 aliphatic carbocycles. The minimum absolute atomic E-state index is 0.266. The standard InChI is InChI=1S/C12H11ClFN3S/c1-17(9-5-3-8(14)4-6-9)11-7-10(13)15-12(16-11)18-2/h3-7H,1-2H3. The van der Waals surface area contributed by atoms with Crippen LogP contribution in [0.25, 0.3) is 0 Å². The van der Waals surface area contributed by atoms with Crippen LogP contribution in [-0.2, 0) is 0 Å². The van der Waals surface area contributed by atoms with Crippen molar-refractivity contribution in [1.82, 2.24) is 9.97 Å². The van der Waals surface area contributed by atoms with E-state index in [1.807, 2.05) is 18.2 Å². The highest BCUT2D eigenvalue weighted by Gasteiger charge is 2.09. The average molecular weight is 284 g/mol. The zero-order valence-corrected chi connectivity index (χ0v) is 11.5. The normalized spacial score (nSPS) is 10.4. The van der Waals surface area contributed by atoms with Crippen LogP contribution >= 0.6 is 23.4 Å².